The Hall–Kier alpha value is -3.11. The number of amides is 1. The van der Waals surface area contributed by atoms with Gasteiger partial charge in [0.25, 0.3) is 5.78 Å². The Labute approximate surface area is 200 Å². The van der Waals surface area contributed by atoms with Crippen molar-refractivity contribution in [1.29, 1.82) is 0 Å². The van der Waals surface area contributed by atoms with E-state index < -0.39 is 23.5 Å². The molecule has 32 heavy (non-hydrogen) atoms. The van der Waals surface area contributed by atoms with E-state index in [1.807, 2.05) is 24.3 Å². The fraction of sp³-hybridized carbons (Fsp3) is 0.0417. The molecule has 2 heterocycles. The van der Waals surface area contributed by atoms with Gasteiger partial charge in [-0.2, -0.15) is 0 Å². The number of aliphatic hydroxyl groups is 1. The number of aromatic nitrogens is 1. The molecule has 1 saturated heterocycles. The minimum Gasteiger partial charge on any atom is -0.507 e. The summed E-state index contributed by atoms with van der Waals surface area (Å²) in [6, 6.07) is 19.3. The van der Waals surface area contributed by atoms with Crippen molar-refractivity contribution in [3.05, 3.63) is 98.9 Å². The highest BCUT2D eigenvalue weighted by molar-refractivity contribution is 14.1. The maximum Gasteiger partial charge on any atom is 0.301 e. The van der Waals surface area contributed by atoms with E-state index in [9.17, 15) is 19.1 Å². The zero-order valence-corrected chi connectivity index (χ0v) is 19.3. The van der Waals surface area contributed by atoms with E-state index >= 15 is 0 Å². The molecule has 0 radical (unpaired) electrons. The number of carbonyl (C=O) groups is 2. The summed E-state index contributed by atoms with van der Waals surface area (Å²) in [5.74, 6) is -2.24. The van der Waals surface area contributed by atoms with E-state index in [4.69, 9.17) is 0 Å². The SMILES string of the molecule is O=C1C(=O)N(c2nc3ccc(F)cc3s2)C(c2ccc(I)cc2)C1=C(O)c1ccccc1. The first-order chi connectivity index (χ1) is 15.4. The lowest BCUT2D eigenvalue weighted by molar-refractivity contribution is -0.132. The van der Waals surface area contributed by atoms with Crippen molar-refractivity contribution >= 4 is 66.7 Å². The number of ketones is 1. The molecule has 5 rings (SSSR count). The third-order valence-electron chi connectivity index (χ3n) is 5.22. The van der Waals surface area contributed by atoms with Crippen LogP contribution in [0.5, 0.6) is 0 Å². The molecule has 5 nitrogen and oxygen atoms in total. The Balaban J connectivity index is 1.73. The van der Waals surface area contributed by atoms with Gasteiger partial charge in [0, 0.05) is 9.13 Å². The minimum atomic E-state index is -0.863. The van der Waals surface area contributed by atoms with Gasteiger partial charge in [0.15, 0.2) is 5.13 Å². The number of hydrogen-bond acceptors (Lipinski definition) is 5. The molecule has 8 heteroatoms. The smallest absolute Gasteiger partial charge is 0.301 e. The number of rotatable bonds is 3. The van der Waals surface area contributed by atoms with Crippen molar-refractivity contribution in [3.8, 4) is 0 Å². The van der Waals surface area contributed by atoms with E-state index in [-0.39, 0.29) is 16.5 Å². The maximum absolute atomic E-state index is 13.7. The second-order valence-corrected chi connectivity index (χ2v) is 9.45. The second-order valence-electron chi connectivity index (χ2n) is 7.20. The molecule has 0 saturated carbocycles. The number of nitrogens with zero attached hydrogens (tertiary/aromatic N) is 2. The van der Waals surface area contributed by atoms with Crippen LogP contribution in [0.3, 0.4) is 0 Å². The molecule has 1 N–H and O–H groups in total. The molecule has 1 aromatic heterocycles. The van der Waals surface area contributed by atoms with Crippen LogP contribution in [0.2, 0.25) is 0 Å². The third kappa shape index (κ3) is 3.49. The van der Waals surface area contributed by atoms with Crippen molar-refractivity contribution in [1.82, 2.24) is 4.98 Å². The lowest BCUT2D eigenvalue weighted by atomic mass is 9.95. The fourth-order valence-electron chi connectivity index (χ4n) is 3.73. The van der Waals surface area contributed by atoms with Crippen LogP contribution < -0.4 is 4.90 Å². The molecule has 1 aliphatic heterocycles. The number of fused-ring (bicyclic) bond motifs is 1. The Morgan fingerprint density at radius 1 is 1.03 bits per heavy atom. The highest BCUT2D eigenvalue weighted by atomic mass is 127. The van der Waals surface area contributed by atoms with Crippen molar-refractivity contribution < 1.29 is 19.1 Å². The third-order valence-corrected chi connectivity index (χ3v) is 6.96. The summed E-state index contributed by atoms with van der Waals surface area (Å²) in [5, 5.41) is 11.3. The molecule has 158 valence electrons. The number of benzene rings is 3. The Morgan fingerprint density at radius 2 is 1.75 bits per heavy atom. The molecule has 1 aliphatic rings. The van der Waals surface area contributed by atoms with Crippen LogP contribution in [0.4, 0.5) is 9.52 Å². The number of thiazole rings is 1. The molecule has 0 spiro atoms. The van der Waals surface area contributed by atoms with E-state index in [2.05, 4.69) is 27.6 Å². The highest BCUT2D eigenvalue weighted by Gasteiger charge is 2.48. The van der Waals surface area contributed by atoms with E-state index in [1.165, 1.54) is 23.1 Å². The first kappa shape index (κ1) is 20.8. The predicted octanol–water partition coefficient (Wildman–Crippen LogP) is 5.67. The van der Waals surface area contributed by atoms with Crippen LogP contribution in [0, 0.1) is 9.39 Å². The lowest BCUT2D eigenvalue weighted by Gasteiger charge is -2.23. The van der Waals surface area contributed by atoms with Gasteiger partial charge in [-0.3, -0.25) is 14.5 Å². The largest absolute Gasteiger partial charge is 0.507 e. The number of anilines is 1. The Morgan fingerprint density at radius 3 is 2.47 bits per heavy atom. The molecule has 1 amide bonds. The first-order valence-electron chi connectivity index (χ1n) is 9.62. The van der Waals surface area contributed by atoms with Gasteiger partial charge in [-0.25, -0.2) is 9.37 Å². The Bertz CT molecular complexity index is 1400. The molecule has 1 atom stereocenters. The Kier molecular flexibility index (Phi) is 5.26. The second kappa shape index (κ2) is 8.10. The molecular formula is C24H14FIN2O3S. The van der Waals surface area contributed by atoms with Gasteiger partial charge in [-0.05, 0) is 58.5 Å². The van der Waals surface area contributed by atoms with Crippen molar-refractivity contribution in [2.75, 3.05) is 4.90 Å². The van der Waals surface area contributed by atoms with Gasteiger partial charge in [0.2, 0.25) is 0 Å². The summed E-state index contributed by atoms with van der Waals surface area (Å²) in [4.78, 5) is 32.1. The summed E-state index contributed by atoms with van der Waals surface area (Å²) in [7, 11) is 0. The number of aliphatic hydroxyl groups excluding tert-OH is 1. The van der Waals surface area contributed by atoms with E-state index in [0.29, 0.717) is 21.3 Å². The normalized spacial score (nSPS) is 17.9. The fourth-order valence-corrected chi connectivity index (χ4v) is 5.11. The van der Waals surface area contributed by atoms with Gasteiger partial charge in [0.1, 0.15) is 11.6 Å². The van der Waals surface area contributed by atoms with Gasteiger partial charge >= 0.3 is 5.91 Å². The van der Waals surface area contributed by atoms with Crippen LogP contribution >= 0.6 is 33.9 Å². The lowest BCUT2D eigenvalue weighted by Crippen LogP contribution is -2.29. The van der Waals surface area contributed by atoms with Gasteiger partial charge in [-0.15, -0.1) is 0 Å². The zero-order valence-electron chi connectivity index (χ0n) is 16.3. The topological polar surface area (TPSA) is 70.5 Å². The summed E-state index contributed by atoms with van der Waals surface area (Å²) in [5.41, 5.74) is 1.62. The number of Topliss-reactive ketones (excluding diaryl/α,β-unsaturated/α-hetero) is 1. The standard InChI is InChI=1S/C24H14FIN2O3S/c25-15-8-11-17-18(12-15)32-24(27-17)28-20(13-6-9-16(26)10-7-13)19(22(30)23(28)31)21(29)14-4-2-1-3-5-14/h1-12,20,29H. The average molecular weight is 556 g/mol. The van der Waals surface area contributed by atoms with Crippen LogP contribution in [-0.4, -0.2) is 21.8 Å². The summed E-state index contributed by atoms with van der Waals surface area (Å²) < 4.78 is 15.2. The maximum atomic E-state index is 13.7. The summed E-state index contributed by atoms with van der Waals surface area (Å²) in [6.45, 7) is 0. The van der Waals surface area contributed by atoms with Crippen LogP contribution in [0.15, 0.2) is 78.4 Å². The molecule has 3 aromatic carbocycles. The molecule has 4 aromatic rings. The van der Waals surface area contributed by atoms with Crippen molar-refractivity contribution in [2.24, 2.45) is 0 Å². The number of hydrogen-bond donors (Lipinski definition) is 1. The predicted molar refractivity (Wildman–Crippen MR) is 130 cm³/mol. The van der Waals surface area contributed by atoms with Crippen molar-refractivity contribution in [3.63, 3.8) is 0 Å². The minimum absolute atomic E-state index is 0.00663. The molecular weight excluding hydrogens is 542 g/mol. The van der Waals surface area contributed by atoms with Gasteiger partial charge in [0.05, 0.1) is 21.8 Å². The van der Waals surface area contributed by atoms with Crippen molar-refractivity contribution in [2.45, 2.75) is 6.04 Å². The molecule has 0 aliphatic carbocycles. The molecule has 1 unspecified atom stereocenters. The van der Waals surface area contributed by atoms with Crippen LogP contribution in [-0.2, 0) is 9.59 Å². The van der Waals surface area contributed by atoms with Crippen LogP contribution in [0.1, 0.15) is 17.2 Å². The number of halogens is 2. The summed E-state index contributed by atoms with van der Waals surface area (Å²) in [6.07, 6.45) is 0. The highest BCUT2D eigenvalue weighted by Crippen LogP contribution is 2.44. The summed E-state index contributed by atoms with van der Waals surface area (Å²) >= 11 is 3.29. The molecule has 0 bridgehead atoms. The zero-order chi connectivity index (χ0) is 22.4. The number of carbonyl (C=O) groups excluding carboxylic acids is 2. The average Bonchev–Trinajstić information content (AvgIpc) is 3.32. The van der Waals surface area contributed by atoms with Gasteiger partial charge in [-0.1, -0.05) is 53.8 Å². The van der Waals surface area contributed by atoms with Gasteiger partial charge < -0.3 is 5.11 Å². The van der Waals surface area contributed by atoms with E-state index in [0.717, 1.165) is 14.9 Å². The molecule has 1 fully saturated rings. The monoisotopic (exact) mass is 556 g/mol. The van der Waals surface area contributed by atoms with Crippen LogP contribution in [0.25, 0.3) is 16.0 Å². The first-order valence-corrected chi connectivity index (χ1v) is 11.5. The quantitative estimate of drug-likeness (QED) is 0.153. The van der Waals surface area contributed by atoms with E-state index in [1.54, 1.807) is 30.3 Å².